The van der Waals surface area contributed by atoms with Gasteiger partial charge in [-0.15, -0.1) is 0 Å². The van der Waals surface area contributed by atoms with Crippen molar-refractivity contribution < 1.29 is 4.90 Å². The number of aromatic nitrogens is 1. The molecule has 2 aromatic rings. The summed E-state index contributed by atoms with van der Waals surface area (Å²) in [5, 5.41) is 1.35. The molecule has 1 fully saturated rings. The predicted octanol–water partition coefficient (Wildman–Crippen LogP) is 1.98. The zero-order chi connectivity index (χ0) is 14.3. The van der Waals surface area contributed by atoms with Crippen LogP contribution in [0.3, 0.4) is 0 Å². The summed E-state index contributed by atoms with van der Waals surface area (Å²) in [5.41, 5.74) is 3.98. The molecule has 0 spiro atoms. The minimum atomic E-state index is 0.140. The summed E-state index contributed by atoms with van der Waals surface area (Å²) in [6.07, 6.45) is 2.54. The molecule has 1 aliphatic heterocycles. The van der Waals surface area contributed by atoms with E-state index < -0.39 is 0 Å². The van der Waals surface area contributed by atoms with Crippen LogP contribution in [-0.2, 0) is 6.54 Å². The number of H-pyrrole nitrogens is 1. The van der Waals surface area contributed by atoms with Crippen molar-refractivity contribution in [1.29, 1.82) is 0 Å². The summed E-state index contributed by atoms with van der Waals surface area (Å²) in [5.74, 6) is 0. The van der Waals surface area contributed by atoms with Gasteiger partial charge in [0.2, 0.25) is 0 Å². The first-order valence-electron chi connectivity index (χ1n) is 7.21. The maximum Gasteiger partial charge on any atom is 0.198 e. The first kappa shape index (κ1) is 13.7. The van der Waals surface area contributed by atoms with Gasteiger partial charge >= 0.3 is 0 Å². The Morgan fingerprint density at radius 1 is 1.25 bits per heavy atom. The molecule has 1 aromatic heterocycles. The molecule has 4 heteroatoms. The second-order valence-corrected chi connectivity index (χ2v) is 6.27. The number of halogens is 1. The Hall–Kier alpha value is -1.32. The first-order chi connectivity index (χ1) is 9.56. The zero-order valence-corrected chi connectivity index (χ0v) is 12.7. The maximum atomic E-state index is 12.7. The maximum absolute atomic E-state index is 12.7. The van der Waals surface area contributed by atoms with E-state index in [1.54, 1.807) is 6.07 Å². The van der Waals surface area contributed by atoms with Crippen LogP contribution in [-0.4, -0.2) is 18.1 Å². The standard InChI is InChI=1S/C16H19ClN2O/c1-10-7-12(17)8-13-15(10)18-11(2)14(16(13)20)9-19-5-3-4-6-19/h7-8H,3-6,9H2,1-2H3,(H,18,20)/p+1. The second-order valence-electron chi connectivity index (χ2n) is 5.84. The molecule has 1 saturated heterocycles. The number of hydrogen-bond donors (Lipinski definition) is 2. The van der Waals surface area contributed by atoms with E-state index in [0.717, 1.165) is 28.9 Å². The van der Waals surface area contributed by atoms with Crippen LogP contribution in [0, 0.1) is 13.8 Å². The number of rotatable bonds is 2. The Labute approximate surface area is 123 Å². The Kier molecular flexibility index (Phi) is 3.57. The molecule has 0 amide bonds. The van der Waals surface area contributed by atoms with Gasteiger partial charge in [0.1, 0.15) is 6.54 Å². The van der Waals surface area contributed by atoms with Crippen LogP contribution in [0.5, 0.6) is 0 Å². The topological polar surface area (TPSA) is 37.3 Å². The van der Waals surface area contributed by atoms with Crippen molar-refractivity contribution in [3.8, 4) is 0 Å². The number of fused-ring (bicyclic) bond motifs is 1. The normalized spacial score (nSPS) is 16.1. The fourth-order valence-corrected chi connectivity index (χ4v) is 3.47. The molecule has 0 radical (unpaired) electrons. The highest BCUT2D eigenvalue weighted by Gasteiger charge is 2.20. The van der Waals surface area contributed by atoms with Gasteiger partial charge in [-0.3, -0.25) is 4.79 Å². The molecule has 1 aliphatic rings. The molecule has 1 aromatic carbocycles. The van der Waals surface area contributed by atoms with E-state index in [4.69, 9.17) is 11.6 Å². The zero-order valence-electron chi connectivity index (χ0n) is 12.0. The van der Waals surface area contributed by atoms with Crippen LogP contribution < -0.4 is 10.3 Å². The van der Waals surface area contributed by atoms with E-state index in [2.05, 4.69) is 4.98 Å². The average Bonchev–Trinajstić information content (AvgIpc) is 2.89. The van der Waals surface area contributed by atoms with Crippen molar-refractivity contribution in [3.05, 3.63) is 44.2 Å². The molecule has 2 heterocycles. The van der Waals surface area contributed by atoms with E-state index in [1.807, 2.05) is 19.9 Å². The predicted molar refractivity (Wildman–Crippen MR) is 82.7 cm³/mol. The molecule has 3 rings (SSSR count). The third-order valence-electron chi connectivity index (χ3n) is 4.32. The lowest BCUT2D eigenvalue weighted by Crippen LogP contribution is -3.08. The van der Waals surface area contributed by atoms with Crippen molar-refractivity contribution >= 4 is 22.5 Å². The van der Waals surface area contributed by atoms with Gasteiger partial charge in [-0.05, 0) is 31.5 Å². The van der Waals surface area contributed by atoms with Gasteiger partial charge in [0.05, 0.1) is 24.2 Å². The Morgan fingerprint density at radius 3 is 2.65 bits per heavy atom. The third-order valence-corrected chi connectivity index (χ3v) is 4.54. The van der Waals surface area contributed by atoms with Crippen LogP contribution in [0.4, 0.5) is 0 Å². The SMILES string of the molecule is Cc1[nH]c2c(C)cc(Cl)cc2c(=O)c1C[NH+]1CCCC1. The number of aromatic amines is 1. The van der Waals surface area contributed by atoms with Crippen LogP contribution in [0.25, 0.3) is 10.9 Å². The van der Waals surface area contributed by atoms with E-state index in [1.165, 1.54) is 30.8 Å². The molecule has 0 unspecified atom stereocenters. The number of hydrogen-bond acceptors (Lipinski definition) is 1. The van der Waals surface area contributed by atoms with Gasteiger partial charge < -0.3 is 9.88 Å². The number of aryl methyl sites for hydroxylation is 2. The first-order valence-corrected chi connectivity index (χ1v) is 7.59. The summed E-state index contributed by atoms with van der Waals surface area (Å²) in [7, 11) is 0. The second kappa shape index (κ2) is 5.23. The quantitative estimate of drug-likeness (QED) is 0.872. The van der Waals surface area contributed by atoms with E-state index in [0.29, 0.717) is 10.4 Å². The highest BCUT2D eigenvalue weighted by molar-refractivity contribution is 6.31. The van der Waals surface area contributed by atoms with Crippen molar-refractivity contribution in [1.82, 2.24) is 4.98 Å². The van der Waals surface area contributed by atoms with Gasteiger partial charge in [-0.1, -0.05) is 11.6 Å². The molecular weight excluding hydrogens is 272 g/mol. The summed E-state index contributed by atoms with van der Waals surface area (Å²) in [4.78, 5) is 17.7. The summed E-state index contributed by atoms with van der Waals surface area (Å²) in [6, 6.07) is 3.68. The monoisotopic (exact) mass is 291 g/mol. The van der Waals surface area contributed by atoms with Crippen LogP contribution >= 0.6 is 11.6 Å². The summed E-state index contributed by atoms with van der Waals surface area (Å²) in [6.45, 7) is 7.15. The lowest BCUT2D eigenvalue weighted by Gasteiger charge is -2.15. The lowest BCUT2D eigenvalue weighted by atomic mass is 10.1. The fraction of sp³-hybridized carbons (Fsp3) is 0.438. The molecule has 106 valence electrons. The largest absolute Gasteiger partial charge is 0.358 e. The van der Waals surface area contributed by atoms with Crippen LogP contribution in [0.2, 0.25) is 5.02 Å². The minimum Gasteiger partial charge on any atom is -0.358 e. The molecule has 2 N–H and O–H groups in total. The third kappa shape index (κ3) is 2.36. The van der Waals surface area contributed by atoms with Crippen LogP contribution in [0.1, 0.15) is 29.7 Å². The Balaban J connectivity index is 2.15. The van der Waals surface area contributed by atoms with Gasteiger partial charge in [0.15, 0.2) is 5.43 Å². The number of quaternary nitrogens is 1. The van der Waals surface area contributed by atoms with E-state index in [-0.39, 0.29) is 5.43 Å². The Bertz CT molecular complexity index is 714. The van der Waals surface area contributed by atoms with Crippen molar-refractivity contribution in [2.75, 3.05) is 13.1 Å². The number of pyridine rings is 1. The minimum absolute atomic E-state index is 0.140. The molecule has 0 saturated carbocycles. The molecule has 0 aliphatic carbocycles. The highest BCUT2D eigenvalue weighted by atomic mass is 35.5. The summed E-state index contributed by atoms with van der Waals surface area (Å²) >= 11 is 6.10. The van der Waals surface area contributed by atoms with E-state index in [9.17, 15) is 4.79 Å². The summed E-state index contributed by atoms with van der Waals surface area (Å²) < 4.78 is 0. The van der Waals surface area contributed by atoms with Gasteiger partial charge in [0.25, 0.3) is 0 Å². The Morgan fingerprint density at radius 2 is 1.95 bits per heavy atom. The number of nitrogens with one attached hydrogen (secondary N) is 2. The highest BCUT2D eigenvalue weighted by Crippen LogP contribution is 2.20. The van der Waals surface area contributed by atoms with Crippen molar-refractivity contribution in [2.45, 2.75) is 33.2 Å². The van der Waals surface area contributed by atoms with Gasteiger partial charge in [-0.25, -0.2) is 0 Å². The number of benzene rings is 1. The van der Waals surface area contributed by atoms with Gasteiger partial charge in [0, 0.05) is 28.9 Å². The van der Waals surface area contributed by atoms with E-state index >= 15 is 0 Å². The smallest absolute Gasteiger partial charge is 0.198 e. The molecule has 3 nitrogen and oxygen atoms in total. The molecule has 0 atom stereocenters. The fourth-order valence-electron chi connectivity index (χ4n) is 3.20. The number of likely N-dealkylation sites (tertiary alicyclic amines) is 1. The van der Waals surface area contributed by atoms with Gasteiger partial charge in [-0.2, -0.15) is 0 Å². The molecule has 0 bridgehead atoms. The lowest BCUT2D eigenvalue weighted by molar-refractivity contribution is -0.901. The molecular formula is C16H20ClN2O+. The van der Waals surface area contributed by atoms with Crippen molar-refractivity contribution in [3.63, 3.8) is 0 Å². The average molecular weight is 292 g/mol. The van der Waals surface area contributed by atoms with Crippen LogP contribution in [0.15, 0.2) is 16.9 Å². The van der Waals surface area contributed by atoms with Crippen molar-refractivity contribution in [2.24, 2.45) is 0 Å². The molecule has 20 heavy (non-hydrogen) atoms.